The molecule has 0 aromatic carbocycles. The Labute approximate surface area is 115 Å². The number of rotatable bonds is 7. The molecule has 0 bridgehead atoms. The van der Waals surface area contributed by atoms with Crippen LogP contribution < -0.4 is 5.73 Å². The number of sulfone groups is 1. The van der Waals surface area contributed by atoms with Crippen molar-refractivity contribution in [2.24, 2.45) is 5.73 Å². The first-order chi connectivity index (χ1) is 9.03. The highest BCUT2D eigenvalue weighted by Gasteiger charge is 2.37. The van der Waals surface area contributed by atoms with Crippen molar-refractivity contribution in [2.45, 2.75) is 30.9 Å². The first-order valence-corrected chi connectivity index (χ1v) is 8.44. The molecule has 19 heavy (non-hydrogen) atoms. The monoisotopic (exact) mass is 292 g/mol. The molecular formula is C12H24N2O4S. The van der Waals surface area contributed by atoms with Crippen molar-refractivity contribution in [1.29, 1.82) is 0 Å². The summed E-state index contributed by atoms with van der Waals surface area (Å²) < 4.78 is 28.9. The van der Waals surface area contributed by atoms with E-state index in [0.29, 0.717) is 45.5 Å². The molecule has 0 spiro atoms. The molecule has 1 saturated heterocycles. The maximum absolute atomic E-state index is 12.4. The number of carbonyl (C=O) groups excluding carboxylic acids is 1. The van der Waals surface area contributed by atoms with E-state index in [1.54, 1.807) is 12.0 Å². The molecule has 1 amide bonds. The third-order valence-corrected chi connectivity index (χ3v) is 5.53. The number of nitrogens with zero attached hydrogens (tertiary/aromatic N) is 1. The van der Waals surface area contributed by atoms with Gasteiger partial charge < -0.3 is 15.4 Å². The second kappa shape index (κ2) is 7.81. The Hall–Kier alpha value is -0.660. The van der Waals surface area contributed by atoms with E-state index in [0.717, 1.165) is 6.42 Å². The van der Waals surface area contributed by atoms with Crippen LogP contribution in [0, 0.1) is 0 Å². The molecule has 1 heterocycles. The number of nitrogens with two attached hydrogens (primary N) is 1. The minimum atomic E-state index is -3.28. The summed E-state index contributed by atoms with van der Waals surface area (Å²) in [7, 11) is -1.72. The van der Waals surface area contributed by atoms with Crippen molar-refractivity contribution in [3.63, 3.8) is 0 Å². The zero-order valence-corrected chi connectivity index (χ0v) is 12.3. The highest BCUT2D eigenvalue weighted by molar-refractivity contribution is 7.92. The zero-order chi connectivity index (χ0) is 14.3. The number of hydrogen-bond acceptors (Lipinski definition) is 5. The van der Waals surface area contributed by atoms with Crippen LogP contribution in [0.15, 0.2) is 0 Å². The second-order valence-electron chi connectivity index (χ2n) is 4.81. The smallest absolute Gasteiger partial charge is 0.240 e. The predicted molar refractivity (Wildman–Crippen MR) is 73.6 cm³/mol. The molecule has 112 valence electrons. The van der Waals surface area contributed by atoms with Gasteiger partial charge in [-0.05, 0) is 25.8 Å². The summed E-state index contributed by atoms with van der Waals surface area (Å²) in [6.45, 7) is 1.79. The molecule has 1 aliphatic heterocycles. The summed E-state index contributed by atoms with van der Waals surface area (Å²) in [5.41, 5.74) is 5.45. The van der Waals surface area contributed by atoms with Crippen molar-refractivity contribution in [3.8, 4) is 0 Å². The lowest BCUT2D eigenvalue weighted by atomic mass is 10.1. The number of ether oxygens (including phenoxy) is 1. The average molecular weight is 292 g/mol. The molecule has 1 fully saturated rings. The van der Waals surface area contributed by atoms with Crippen molar-refractivity contribution in [3.05, 3.63) is 0 Å². The van der Waals surface area contributed by atoms with Crippen LogP contribution in [0.4, 0.5) is 0 Å². The van der Waals surface area contributed by atoms with Crippen molar-refractivity contribution in [2.75, 3.05) is 39.1 Å². The van der Waals surface area contributed by atoms with Gasteiger partial charge in [0.2, 0.25) is 5.91 Å². The van der Waals surface area contributed by atoms with E-state index in [2.05, 4.69) is 0 Å². The van der Waals surface area contributed by atoms with Gasteiger partial charge in [0.05, 0.1) is 12.4 Å². The zero-order valence-electron chi connectivity index (χ0n) is 11.5. The first-order valence-electron chi connectivity index (χ1n) is 6.72. The quantitative estimate of drug-likeness (QED) is 0.700. The van der Waals surface area contributed by atoms with Crippen molar-refractivity contribution < 1.29 is 17.9 Å². The third kappa shape index (κ3) is 4.74. The summed E-state index contributed by atoms with van der Waals surface area (Å²) in [5, 5.41) is -0.865. The molecule has 2 N–H and O–H groups in total. The van der Waals surface area contributed by atoms with E-state index in [4.69, 9.17) is 10.5 Å². The Morgan fingerprint density at radius 1 is 1.37 bits per heavy atom. The van der Waals surface area contributed by atoms with Gasteiger partial charge in [0.1, 0.15) is 5.25 Å². The molecule has 0 aromatic rings. The molecule has 0 aromatic heterocycles. The largest absolute Gasteiger partial charge is 0.383 e. The van der Waals surface area contributed by atoms with E-state index in [-0.39, 0.29) is 11.7 Å². The summed E-state index contributed by atoms with van der Waals surface area (Å²) in [6.07, 6.45) is 2.56. The Bertz CT molecular complexity index is 375. The molecular weight excluding hydrogens is 268 g/mol. The van der Waals surface area contributed by atoms with Crippen LogP contribution >= 0.6 is 0 Å². The number of methoxy groups -OCH3 is 1. The Morgan fingerprint density at radius 3 is 2.68 bits per heavy atom. The SMILES string of the molecule is COCCN(CCCN)C(=O)C1CCCCS1(=O)=O. The molecule has 7 heteroatoms. The predicted octanol–water partition coefficient (Wildman–Crippen LogP) is -0.222. The van der Waals surface area contributed by atoms with Crippen LogP contribution in [-0.4, -0.2) is 63.6 Å². The van der Waals surface area contributed by atoms with Crippen LogP contribution in [0.5, 0.6) is 0 Å². The maximum Gasteiger partial charge on any atom is 0.240 e. The van der Waals surface area contributed by atoms with E-state index < -0.39 is 15.1 Å². The molecule has 1 aliphatic rings. The third-order valence-electron chi connectivity index (χ3n) is 3.36. The van der Waals surface area contributed by atoms with Gasteiger partial charge in [0.15, 0.2) is 9.84 Å². The molecule has 0 radical (unpaired) electrons. The number of hydrogen-bond donors (Lipinski definition) is 1. The lowest BCUT2D eigenvalue weighted by molar-refractivity contribution is -0.131. The first kappa shape index (κ1) is 16.4. The number of carbonyl (C=O) groups is 1. The number of amides is 1. The van der Waals surface area contributed by atoms with Gasteiger partial charge in [-0.15, -0.1) is 0 Å². The average Bonchev–Trinajstić information content (AvgIpc) is 2.38. The van der Waals surface area contributed by atoms with Gasteiger partial charge in [-0.25, -0.2) is 8.42 Å². The van der Waals surface area contributed by atoms with Crippen LogP contribution in [0.25, 0.3) is 0 Å². The van der Waals surface area contributed by atoms with Gasteiger partial charge >= 0.3 is 0 Å². The van der Waals surface area contributed by atoms with Gasteiger partial charge in [0.25, 0.3) is 0 Å². The maximum atomic E-state index is 12.4. The minimum Gasteiger partial charge on any atom is -0.383 e. The van der Waals surface area contributed by atoms with Gasteiger partial charge in [0, 0.05) is 20.2 Å². The summed E-state index contributed by atoms with van der Waals surface area (Å²) in [6, 6.07) is 0. The fourth-order valence-electron chi connectivity index (χ4n) is 2.25. The Morgan fingerprint density at radius 2 is 2.11 bits per heavy atom. The van der Waals surface area contributed by atoms with E-state index in [9.17, 15) is 13.2 Å². The Balaban J connectivity index is 2.73. The molecule has 0 saturated carbocycles. The van der Waals surface area contributed by atoms with Gasteiger partial charge in [-0.3, -0.25) is 4.79 Å². The standard InChI is InChI=1S/C12H24N2O4S/c1-18-9-8-14(7-4-6-13)12(15)11-5-2-3-10-19(11,16)17/h11H,2-10,13H2,1H3. The summed E-state index contributed by atoms with van der Waals surface area (Å²) >= 11 is 0. The molecule has 6 nitrogen and oxygen atoms in total. The van der Waals surface area contributed by atoms with Crippen LogP contribution in [-0.2, 0) is 19.4 Å². The molecule has 1 unspecified atom stereocenters. The summed E-state index contributed by atoms with van der Waals surface area (Å²) in [4.78, 5) is 13.9. The normalized spacial score (nSPS) is 22.1. The highest BCUT2D eigenvalue weighted by Crippen LogP contribution is 2.21. The Kier molecular flexibility index (Phi) is 6.74. The van der Waals surface area contributed by atoms with Crippen molar-refractivity contribution >= 4 is 15.7 Å². The lowest BCUT2D eigenvalue weighted by Gasteiger charge is -2.29. The highest BCUT2D eigenvalue weighted by atomic mass is 32.2. The van der Waals surface area contributed by atoms with Crippen molar-refractivity contribution in [1.82, 2.24) is 4.90 Å². The molecule has 1 atom stereocenters. The topological polar surface area (TPSA) is 89.7 Å². The lowest BCUT2D eigenvalue weighted by Crippen LogP contribution is -2.47. The van der Waals surface area contributed by atoms with Gasteiger partial charge in [-0.2, -0.15) is 0 Å². The summed E-state index contributed by atoms with van der Waals surface area (Å²) in [5.74, 6) is -0.163. The van der Waals surface area contributed by atoms with Crippen LogP contribution in [0.1, 0.15) is 25.7 Å². The van der Waals surface area contributed by atoms with E-state index >= 15 is 0 Å². The van der Waals surface area contributed by atoms with E-state index in [1.165, 1.54) is 0 Å². The second-order valence-corrected chi connectivity index (χ2v) is 7.11. The van der Waals surface area contributed by atoms with E-state index in [1.807, 2.05) is 0 Å². The van der Waals surface area contributed by atoms with Gasteiger partial charge in [-0.1, -0.05) is 6.42 Å². The van der Waals surface area contributed by atoms with Crippen LogP contribution in [0.3, 0.4) is 0 Å². The fourth-order valence-corrected chi connectivity index (χ4v) is 4.12. The minimum absolute atomic E-state index is 0.123. The molecule has 0 aliphatic carbocycles. The molecule has 1 rings (SSSR count). The fraction of sp³-hybridized carbons (Fsp3) is 0.917. The van der Waals surface area contributed by atoms with Crippen LogP contribution in [0.2, 0.25) is 0 Å².